The molecule has 4 aliphatic heterocycles. The summed E-state index contributed by atoms with van der Waals surface area (Å²) >= 11 is 5.05. The van der Waals surface area contributed by atoms with Gasteiger partial charge in [0.05, 0.1) is 63.3 Å². The van der Waals surface area contributed by atoms with Crippen molar-refractivity contribution in [3.63, 3.8) is 0 Å². The quantitative estimate of drug-likeness (QED) is 0.0404. The molecule has 0 unspecified atom stereocenters. The zero-order valence-corrected chi connectivity index (χ0v) is 53.6. The first-order valence-electron chi connectivity index (χ1n) is 26.7. The van der Waals surface area contributed by atoms with E-state index in [4.69, 9.17) is 57.3 Å². The Kier molecular flexibility index (Phi) is 28.9. The van der Waals surface area contributed by atoms with Crippen molar-refractivity contribution in [2.24, 2.45) is 0 Å². The topological polar surface area (TPSA) is 445 Å². The van der Waals surface area contributed by atoms with Gasteiger partial charge in [-0.05, 0) is 156 Å². The number of rotatable bonds is 18. The molecule has 92 heavy (non-hydrogen) atoms. The second-order valence-electron chi connectivity index (χ2n) is 19.3. The first-order chi connectivity index (χ1) is 42.2. The fraction of sp³-hybridized carbons (Fsp3) is 0.308. The van der Waals surface area contributed by atoms with Gasteiger partial charge in [-0.1, -0.05) is 65.7 Å². The number of nitrogens with zero attached hydrogens (tertiary/aromatic N) is 8. The maximum absolute atomic E-state index is 11.7. The summed E-state index contributed by atoms with van der Waals surface area (Å²) in [4.78, 5) is 45.1. The molecule has 0 radical (unpaired) electrons. The molecule has 12 rings (SSSR count). The molecule has 0 spiro atoms. The van der Waals surface area contributed by atoms with Crippen molar-refractivity contribution >= 4 is 120 Å². The van der Waals surface area contributed by atoms with E-state index in [0.29, 0.717) is 90.0 Å². The van der Waals surface area contributed by atoms with Crippen molar-refractivity contribution < 1.29 is 145 Å². The Balaban J connectivity index is 0.000000220. The molecule has 0 bridgehead atoms. The largest absolute Gasteiger partial charge is 1.00 e. The molecule has 472 valence electrons. The van der Waals surface area contributed by atoms with E-state index in [2.05, 4.69) is 40.8 Å². The minimum absolute atomic E-state index is 0. The maximum Gasteiger partial charge on any atom is 1.00 e. The predicted molar refractivity (Wildman–Crippen MR) is 321 cm³/mol. The average molecular weight is 1330 g/mol. The van der Waals surface area contributed by atoms with E-state index in [1.165, 1.54) is 45.3 Å². The van der Waals surface area contributed by atoms with Crippen LogP contribution in [0.25, 0.3) is 0 Å². The van der Waals surface area contributed by atoms with Gasteiger partial charge >= 0.3 is 90.1 Å². The van der Waals surface area contributed by atoms with Crippen LogP contribution in [0.5, 0.6) is 43.8 Å². The molecule has 0 amide bonds. The molecule has 8 heterocycles. The number of carbonyl (C=O) groups excluding carboxylic acids is 2. The molecule has 8 aromatic rings. The number of fused-ring (bicyclic) bond motifs is 4. The number of aliphatic carboxylic acids is 2. The smallest absolute Gasteiger partial charge is 0.870 e. The predicted octanol–water partition coefficient (Wildman–Crippen LogP) is -1.90. The van der Waals surface area contributed by atoms with E-state index in [1.54, 1.807) is 72.3 Å². The SMILES string of the molecule is CCOC(=O)C[C@@H]1OB(O)c2cc(Oc3nncs3)cc(C)c21.CCOC(=O)C[C@H]1OB(O)c2cc(Oc3nncs3)cc(C)c21.Cc1cc(Oc2nncs2)cc2c1[C@@H](CC(=O)O)OB2O.Cc1cc(Oc2nncs2)cc2c1[C@H](CC(=O)O)OB2O.[Li+].[Li+].[OH-].[OH-]. The van der Waals surface area contributed by atoms with Gasteiger partial charge in [-0.15, -0.1) is 20.4 Å². The summed E-state index contributed by atoms with van der Waals surface area (Å²) in [6.45, 7) is 11.5. The van der Waals surface area contributed by atoms with Crippen LogP contribution in [-0.2, 0) is 47.3 Å². The molecule has 30 nitrogen and oxygen atoms in total. The second-order valence-corrected chi connectivity index (χ2v) is 22.5. The normalized spacial score (nSPS) is 15.8. The standard InChI is InChI=1S/2C14H15BN2O5S.2C12H11BN2O5S.2Li.2H2O/c2*1-3-20-12(18)6-11-13-8(2)4-9(5-10(13)15(19)22-11)21-14-17-16-7-23-14;2*1-6-2-7(19-12-15-14-5-21-12)3-8-11(6)9(4-10(16)17)20-13(8)18;;;;/h2*4-5,7,11,19H,3,6H2,1-2H3;2*2-3,5,9,18H,4H2,1H3,(H,16,17);;;2*1H2/q;;;;2*+1;;/p-2/t2*11-;2*9-;;;;/m1010..../s1. The molecule has 4 aromatic heterocycles. The molecule has 0 saturated carbocycles. The van der Waals surface area contributed by atoms with Crippen molar-refractivity contribution in [1.29, 1.82) is 0 Å². The van der Waals surface area contributed by atoms with Crippen LogP contribution in [0.4, 0.5) is 0 Å². The summed E-state index contributed by atoms with van der Waals surface area (Å²) in [5.41, 5.74) is 14.8. The fourth-order valence-electron chi connectivity index (χ4n) is 10.1. The molecule has 0 saturated heterocycles. The Bertz CT molecular complexity index is 3510. The van der Waals surface area contributed by atoms with Gasteiger partial charge in [0.1, 0.15) is 45.0 Å². The summed E-state index contributed by atoms with van der Waals surface area (Å²) in [6.07, 6.45) is -2.59. The first kappa shape index (κ1) is 76.0. The molecule has 40 heteroatoms. The minimum Gasteiger partial charge on any atom is -0.870 e. The monoisotopic (exact) mass is 1330 g/mol. The zero-order chi connectivity index (χ0) is 62.8. The van der Waals surface area contributed by atoms with Crippen molar-refractivity contribution in [2.45, 2.75) is 91.6 Å². The van der Waals surface area contributed by atoms with Gasteiger partial charge in [0.15, 0.2) is 0 Å². The number of aryl methyl sites for hydroxylation is 4. The van der Waals surface area contributed by atoms with E-state index in [-0.39, 0.29) is 86.3 Å². The van der Waals surface area contributed by atoms with Crippen molar-refractivity contribution in [3.05, 3.63) is 115 Å². The molecule has 4 aliphatic rings. The van der Waals surface area contributed by atoms with E-state index in [9.17, 15) is 39.3 Å². The van der Waals surface area contributed by atoms with E-state index >= 15 is 0 Å². The van der Waals surface area contributed by atoms with Crippen LogP contribution >= 0.6 is 45.3 Å². The number of hydrogen-bond acceptors (Lipinski definition) is 32. The molecule has 4 atom stereocenters. The molecule has 8 N–H and O–H groups in total. The summed E-state index contributed by atoms with van der Waals surface area (Å²) in [6, 6.07) is 13.8. The third-order valence-electron chi connectivity index (χ3n) is 13.3. The second kappa shape index (κ2) is 35.0. The average Bonchev–Trinajstić information content (AvgIpc) is 1.78. The van der Waals surface area contributed by atoms with Crippen molar-refractivity contribution in [1.82, 2.24) is 40.8 Å². The number of carboxylic acid groups (broad SMARTS) is 2. The Labute approximate surface area is 565 Å². The van der Waals surface area contributed by atoms with E-state index < -0.39 is 64.8 Å². The van der Waals surface area contributed by atoms with Gasteiger partial charge in [-0.2, -0.15) is 0 Å². The first-order valence-corrected chi connectivity index (χ1v) is 30.2. The summed E-state index contributed by atoms with van der Waals surface area (Å²) in [5, 5.41) is 89.5. The van der Waals surface area contributed by atoms with Gasteiger partial charge in [0, 0.05) is 0 Å². The Morgan fingerprint density at radius 3 is 0.848 bits per heavy atom. The number of carboxylic acids is 2. The van der Waals surface area contributed by atoms with Crippen LogP contribution in [0.3, 0.4) is 0 Å². The zero-order valence-electron chi connectivity index (χ0n) is 50.3. The number of carbonyl (C=O) groups is 4. The Hall–Kier alpha value is -6.75. The van der Waals surface area contributed by atoms with Crippen LogP contribution in [0.2, 0.25) is 0 Å². The van der Waals surface area contributed by atoms with Crippen LogP contribution < -0.4 is 78.5 Å². The van der Waals surface area contributed by atoms with E-state index in [1.807, 2.05) is 39.8 Å². The number of esters is 2. The third kappa shape index (κ3) is 19.2. The molecule has 0 aliphatic carbocycles. The van der Waals surface area contributed by atoms with E-state index in [0.717, 1.165) is 33.4 Å². The van der Waals surface area contributed by atoms with Gasteiger partial charge < -0.3 is 88.3 Å². The van der Waals surface area contributed by atoms with Gasteiger partial charge in [-0.3, -0.25) is 19.2 Å². The number of aromatic nitrogens is 8. The Morgan fingerprint density at radius 2 is 0.652 bits per heavy atom. The number of benzene rings is 4. The van der Waals surface area contributed by atoms with Crippen LogP contribution in [0.15, 0.2) is 70.6 Å². The van der Waals surface area contributed by atoms with Crippen molar-refractivity contribution in [3.8, 4) is 43.8 Å². The molecule has 4 aromatic carbocycles. The van der Waals surface area contributed by atoms with Crippen LogP contribution in [-0.4, -0.2) is 148 Å². The number of ether oxygens (including phenoxy) is 6. The van der Waals surface area contributed by atoms with Gasteiger partial charge in [0.25, 0.3) is 20.8 Å². The summed E-state index contributed by atoms with van der Waals surface area (Å²) < 4.78 is 53.8. The van der Waals surface area contributed by atoms with Gasteiger partial charge in [0.2, 0.25) is 0 Å². The minimum atomic E-state index is -1.15. The molecule has 0 fully saturated rings. The molecular weight excluding hydrogens is 1270 g/mol. The Morgan fingerprint density at radius 1 is 0.424 bits per heavy atom. The fourth-order valence-corrected chi connectivity index (χ4v) is 11.8. The van der Waals surface area contributed by atoms with Crippen LogP contribution in [0.1, 0.15) is 108 Å². The number of hydrogen-bond donors (Lipinski definition) is 6. The maximum atomic E-state index is 11.7. The summed E-state index contributed by atoms with van der Waals surface area (Å²) in [5.74, 6) is -0.585. The van der Waals surface area contributed by atoms with Crippen molar-refractivity contribution in [2.75, 3.05) is 13.2 Å². The third-order valence-corrected chi connectivity index (χ3v) is 15.6. The molecular formula is C52H54B4Li2N8O22S4. The van der Waals surface area contributed by atoms with Gasteiger partial charge in [-0.25, -0.2) is 0 Å². The van der Waals surface area contributed by atoms with Crippen LogP contribution in [0, 0.1) is 27.7 Å². The summed E-state index contributed by atoms with van der Waals surface area (Å²) in [7, 11) is -4.50.